The highest BCUT2D eigenvalue weighted by Crippen LogP contribution is 2.17. The van der Waals surface area contributed by atoms with Crippen LogP contribution < -0.4 is 10.5 Å². The number of rotatable bonds is 7. The van der Waals surface area contributed by atoms with Gasteiger partial charge in [-0.25, -0.2) is 0 Å². The molecule has 0 bridgehead atoms. The lowest BCUT2D eigenvalue weighted by Crippen LogP contribution is -2.40. The number of hydrogen-bond donors (Lipinski definition) is 1. The summed E-state index contributed by atoms with van der Waals surface area (Å²) in [5.74, 6) is 1.54. The predicted molar refractivity (Wildman–Crippen MR) is 77.7 cm³/mol. The Morgan fingerprint density at radius 3 is 2.67 bits per heavy atom. The highest BCUT2D eigenvalue weighted by atomic mass is 16.5. The number of nitrogens with zero attached hydrogens (tertiary/aromatic N) is 2. The molecule has 2 aromatic rings. The Balaban J connectivity index is 1.94. The number of ether oxygens (including phenoxy) is 2. The van der Waals surface area contributed by atoms with Gasteiger partial charge in [-0.15, -0.1) is 0 Å². The third kappa shape index (κ3) is 4.54. The molecule has 1 aromatic heterocycles. The van der Waals surface area contributed by atoms with E-state index in [-0.39, 0.29) is 12.7 Å². The van der Waals surface area contributed by atoms with Gasteiger partial charge in [0.15, 0.2) is 12.4 Å². The first kappa shape index (κ1) is 15.5. The molecule has 0 saturated heterocycles. The van der Waals surface area contributed by atoms with Crippen LogP contribution in [0, 0.1) is 0 Å². The van der Waals surface area contributed by atoms with E-state index in [1.54, 1.807) is 0 Å². The van der Waals surface area contributed by atoms with Crippen molar-refractivity contribution in [2.75, 3.05) is 6.61 Å². The standard InChI is InChI=1S/C15H21N3O3/c1-11(2)20-10-15(3,16)14-17-13(21-18-14)9-19-12-7-5-4-6-8-12/h4-8,11H,9-10,16H2,1-3H3. The average Bonchev–Trinajstić information content (AvgIpc) is 2.94. The van der Waals surface area contributed by atoms with Crippen LogP contribution in [0.3, 0.4) is 0 Å². The van der Waals surface area contributed by atoms with Crippen LogP contribution in [-0.4, -0.2) is 22.9 Å². The van der Waals surface area contributed by atoms with E-state index in [0.29, 0.717) is 18.3 Å². The Morgan fingerprint density at radius 1 is 1.29 bits per heavy atom. The zero-order valence-corrected chi connectivity index (χ0v) is 12.6. The Morgan fingerprint density at radius 2 is 2.00 bits per heavy atom. The minimum absolute atomic E-state index is 0.0978. The average molecular weight is 291 g/mol. The van der Waals surface area contributed by atoms with Crippen LogP contribution in [0.25, 0.3) is 0 Å². The zero-order valence-electron chi connectivity index (χ0n) is 12.6. The molecule has 21 heavy (non-hydrogen) atoms. The maximum atomic E-state index is 6.16. The smallest absolute Gasteiger partial charge is 0.264 e. The summed E-state index contributed by atoms with van der Waals surface area (Å²) >= 11 is 0. The molecule has 0 fully saturated rings. The topological polar surface area (TPSA) is 83.4 Å². The van der Waals surface area contributed by atoms with Crippen molar-refractivity contribution in [3.05, 3.63) is 42.0 Å². The SMILES string of the molecule is CC(C)OCC(C)(N)c1noc(COc2ccccc2)n1. The lowest BCUT2D eigenvalue weighted by atomic mass is 10.1. The fourth-order valence-electron chi connectivity index (χ4n) is 1.61. The van der Waals surface area contributed by atoms with Crippen molar-refractivity contribution in [1.29, 1.82) is 0 Å². The van der Waals surface area contributed by atoms with E-state index in [1.807, 2.05) is 51.1 Å². The van der Waals surface area contributed by atoms with E-state index in [4.69, 9.17) is 19.7 Å². The molecule has 1 unspecified atom stereocenters. The summed E-state index contributed by atoms with van der Waals surface area (Å²) in [7, 11) is 0. The fourth-order valence-corrected chi connectivity index (χ4v) is 1.61. The summed E-state index contributed by atoms with van der Waals surface area (Å²) in [4.78, 5) is 4.27. The molecule has 114 valence electrons. The first-order chi connectivity index (χ1) is 9.97. The number of hydrogen-bond acceptors (Lipinski definition) is 6. The Hall–Kier alpha value is -1.92. The molecule has 6 nitrogen and oxygen atoms in total. The first-order valence-corrected chi connectivity index (χ1v) is 6.89. The molecule has 0 radical (unpaired) electrons. The summed E-state index contributed by atoms with van der Waals surface area (Å²) in [5.41, 5.74) is 5.36. The van der Waals surface area contributed by atoms with Crippen LogP contribution in [0.5, 0.6) is 5.75 Å². The molecule has 0 aliphatic carbocycles. The largest absolute Gasteiger partial charge is 0.484 e. The molecule has 1 aromatic carbocycles. The highest BCUT2D eigenvalue weighted by Gasteiger charge is 2.28. The van der Waals surface area contributed by atoms with Gasteiger partial charge >= 0.3 is 0 Å². The van der Waals surface area contributed by atoms with Gasteiger partial charge in [-0.2, -0.15) is 4.98 Å². The molecule has 6 heteroatoms. The van der Waals surface area contributed by atoms with Gasteiger partial charge in [0.05, 0.1) is 12.7 Å². The lowest BCUT2D eigenvalue weighted by Gasteiger charge is -2.21. The van der Waals surface area contributed by atoms with Crippen LogP contribution in [0.15, 0.2) is 34.9 Å². The second-order valence-corrected chi connectivity index (χ2v) is 5.39. The molecule has 0 saturated carbocycles. The quantitative estimate of drug-likeness (QED) is 0.842. The van der Waals surface area contributed by atoms with Gasteiger partial charge in [0.2, 0.25) is 0 Å². The summed E-state index contributed by atoms with van der Waals surface area (Å²) < 4.78 is 16.2. The Bertz CT molecular complexity index is 552. The Labute approximate surface area is 124 Å². The molecular formula is C15H21N3O3. The van der Waals surface area contributed by atoms with Gasteiger partial charge in [-0.1, -0.05) is 23.4 Å². The van der Waals surface area contributed by atoms with E-state index < -0.39 is 5.54 Å². The minimum Gasteiger partial charge on any atom is -0.484 e. The summed E-state index contributed by atoms with van der Waals surface area (Å²) in [6.45, 7) is 6.24. The maximum absolute atomic E-state index is 6.16. The normalized spacial score (nSPS) is 14.1. The van der Waals surface area contributed by atoms with Gasteiger partial charge in [0.25, 0.3) is 5.89 Å². The lowest BCUT2D eigenvalue weighted by molar-refractivity contribution is 0.0410. The second kappa shape index (κ2) is 6.69. The number of nitrogens with two attached hydrogens (primary N) is 1. The van der Waals surface area contributed by atoms with E-state index in [1.165, 1.54) is 0 Å². The van der Waals surface area contributed by atoms with Crippen LogP contribution in [0.1, 0.15) is 32.5 Å². The summed E-state index contributed by atoms with van der Waals surface area (Å²) in [5, 5.41) is 3.91. The third-order valence-electron chi connectivity index (χ3n) is 2.80. The van der Waals surface area contributed by atoms with E-state index in [2.05, 4.69) is 10.1 Å². The van der Waals surface area contributed by atoms with Gasteiger partial charge in [0, 0.05) is 0 Å². The van der Waals surface area contributed by atoms with E-state index in [0.717, 1.165) is 5.75 Å². The highest BCUT2D eigenvalue weighted by molar-refractivity contribution is 5.20. The zero-order chi connectivity index (χ0) is 15.3. The van der Waals surface area contributed by atoms with Crippen LogP contribution in [0.4, 0.5) is 0 Å². The van der Waals surface area contributed by atoms with Crippen molar-refractivity contribution in [2.24, 2.45) is 5.73 Å². The monoisotopic (exact) mass is 291 g/mol. The van der Waals surface area contributed by atoms with E-state index >= 15 is 0 Å². The van der Waals surface area contributed by atoms with Crippen LogP contribution >= 0.6 is 0 Å². The van der Waals surface area contributed by atoms with Crippen molar-refractivity contribution < 1.29 is 14.0 Å². The van der Waals surface area contributed by atoms with Crippen LogP contribution in [-0.2, 0) is 16.9 Å². The van der Waals surface area contributed by atoms with Crippen molar-refractivity contribution in [3.63, 3.8) is 0 Å². The third-order valence-corrected chi connectivity index (χ3v) is 2.80. The fraction of sp³-hybridized carbons (Fsp3) is 0.467. The molecule has 0 aliphatic rings. The molecule has 2 N–H and O–H groups in total. The van der Waals surface area contributed by atoms with Gasteiger partial charge in [0.1, 0.15) is 11.3 Å². The summed E-state index contributed by atoms with van der Waals surface area (Å²) in [6, 6.07) is 9.44. The number of aromatic nitrogens is 2. The molecule has 0 spiro atoms. The van der Waals surface area contributed by atoms with E-state index in [9.17, 15) is 0 Å². The molecular weight excluding hydrogens is 270 g/mol. The molecule has 1 atom stereocenters. The van der Waals surface area contributed by atoms with Gasteiger partial charge < -0.3 is 19.7 Å². The molecule has 1 heterocycles. The Kier molecular flexibility index (Phi) is 4.93. The first-order valence-electron chi connectivity index (χ1n) is 6.89. The maximum Gasteiger partial charge on any atom is 0.264 e. The molecule has 0 aliphatic heterocycles. The molecule has 2 rings (SSSR count). The van der Waals surface area contributed by atoms with Gasteiger partial charge in [-0.05, 0) is 32.9 Å². The van der Waals surface area contributed by atoms with Crippen molar-refractivity contribution in [2.45, 2.75) is 39.0 Å². The number of benzene rings is 1. The van der Waals surface area contributed by atoms with Crippen LogP contribution in [0.2, 0.25) is 0 Å². The number of para-hydroxylation sites is 1. The van der Waals surface area contributed by atoms with Crippen molar-refractivity contribution in [1.82, 2.24) is 10.1 Å². The van der Waals surface area contributed by atoms with Gasteiger partial charge in [-0.3, -0.25) is 0 Å². The predicted octanol–water partition coefficient (Wildman–Crippen LogP) is 2.25. The molecule has 0 amide bonds. The second-order valence-electron chi connectivity index (χ2n) is 5.39. The van der Waals surface area contributed by atoms with Crippen molar-refractivity contribution >= 4 is 0 Å². The summed E-state index contributed by atoms with van der Waals surface area (Å²) in [6.07, 6.45) is 0.0978. The van der Waals surface area contributed by atoms with Crippen molar-refractivity contribution in [3.8, 4) is 5.75 Å². The minimum atomic E-state index is -0.793.